The van der Waals surface area contributed by atoms with E-state index in [9.17, 15) is 4.79 Å². The summed E-state index contributed by atoms with van der Waals surface area (Å²) in [5.41, 5.74) is 0. The monoisotopic (exact) mass is 182 g/mol. The van der Waals surface area contributed by atoms with Crippen molar-refractivity contribution in [3.63, 3.8) is 0 Å². The summed E-state index contributed by atoms with van der Waals surface area (Å²) < 4.78 is 5.19. The summed E-state index contributed by atoms with van der Waals surface area (Å²) in [7, 11) is 0. The van der Waals surface area contributed by atoms with Gasteiger partial charge in [0.05, 0.1) is 6.07 Å². The molecular formula is C9H14N2O2. The van der Waals surface area contributed by atoms with Crippen LogP contribution in [0.2, 0.25) is 0 Å². The fraction of sp³-hybridized carbons (Fsp3) is 0.778. The van der Waals surface area contributed by atoms with Crippen molar-refractivity contribution in [1.82, 2.24) is 5.32 Å². The van der Waals surface area contributed by atoms with E-state index in [0.29, 0.717) is 12.5 Å². The van der Waals surface area contributed by atoms with Crippen molar-refractivity contribution in [3.8, 4) is 6.07 Å². The average molecular weight is 182 g/mol. The van der Waals surface area contributed by atoms with E-state index in [-0.39, 0.29) is 12.3 Å². The summed E-state index contributed by atoms with van der Waals surface area (Å²) in [5, 5.41) is 11.0. The van der Waals surface area contributed by atoms with Gasteiger partial charge in [-0.25, -0.2) is 0 Å². The van der Waals surface area contributed by atoms with Gasteiger partial charge in [-0.1, -0.05) is 0 Å². The Kier molecular flexibility index (Phi) is 4.27. The molecule has 1 rings (SSSR count). The quantitative estimate of drug-likeness (QED) is 0.689. The first-order valence-electron chi connectivity index (χ1n) is 4.54. The molecule has 0 aromatic rings. The van der Waals surface area contributed by atoms with Crippen LogP contribution in [0.5, 0.6) is 0 Å². The lowest BCUT2D eigenvalue weighted by molar-refractivity contribution is -0.120. The van der Waals surface area contributed by atoms with E-state index in [4.69, 9.17) is 10.00 Å². The second-order valence-electron chi connectivity index (χ2n) is 3.19. The van der Waals surface area contributed by atoms with Crippen LogP contribution in [0.4, 0.5) is 0 Å². The number of hydrogen-bond donors (Lipinski definition) is 1. The fourth-order valence-corrected chi connectivity index (χ4v) is 1.34. The third kappa shape index (κ3) is 3.90. The van der Waals surface area contributed by atoms with Crippen LogP contribution in [0.25, 0.3) is 0 Å². The third-order valence-electron chi connectivity index (χ3n) is 2.17. The number of hydrogen-bond acceptors (Lipinski definition) is 3. The standard InChI is InChI=1S/C9H14N2O2/c10-4-1-9(12)11-7-8-2-5-13-6-3-8/h8H,1-3,5-7H2,(H,11,12). The Morgan fingerprint density at radius 3 is 2.85 bits per heavy atom. The number of nitrogens with zero attached hydrogens (tertiary/aromatic N) is 1. The summed E-state index contributed by atoms with van der Waals surface area (Å²) in [5.74, 6) is 0.352. The van der Waals surface area contributed by atoms with E-state index >= 15 is 0 Å². The second kappa shape index (κ2) is 5.55. The number of nitriles is 1. The Bertz CT molecular complexity index is 204. The zero-order valence-corrected chi connectivity index (χ0v) is 7.58. The first-order valence-corrected chi connectivity index (χ1v) is 4.54. The van der Waals surface area contributed by atoms with Crippen LogP contribution in [0, 0.1) is 17.2 Å². The van der Waals surface area contributed by atoms with Gasteiger partial charge in [-0.3, -0.25) is 4.79 Å². The first-order chi connectivity index (χ1) is 6.33. The van der Waals surface area contributed by atoms with E-state index in [1.807, 2.05) is 6.07 Å². The van der Waals surface area contributed by atoms with E-state index in [2.05, 4.69) is 5.32 Å². The molecule has 0 saturated carbocycles. The minimum absolute atomic E-state index is 0.0385. The summed E-state index contributed by atoms with van der Waals surface area (Å²) in [6, 6.07) is 1.82. The van der Waals surface area contributed by atoms with Crippen LogP contribution in [-0.2, 0) is 9.53 Å². The Balaban J connectivity index is 2.10. The Hall–Kier alpha value is -1.08. The maximum Gasteiger partial charge on any atom is 0.234 e. The highest BCUT2D eigenvalue weighted by Crippen LogP contribution is 2.12. The van der Waals surface area contributed by atoms with Crippen molar-refractivity contribution in [2.75, 3.05) is 19.8 Å². The molecule has 0 bridgehead atoms. The molecule has 4 heteroatoms. The minimum atomic E-state index is -0.172. The maximum absolute atomic E-state index is 10.9. The molecule has 4 nitrogen and oxygen atoms in total. The molecule has 1 saturated heterocycles. The Morgan fingerprint density at radius 1 is 1.54 bits per heavy atom. The summed E-state index contributed by atoms with van der Waals surface area (Å²) in [4.78, 5) is 10.9. The van der Waals surface area contributed by atoms with Crippen LogP contribution >= 0.6 is 0 Å². The van der Waals surface area contributed by atoms with Gasteiger partial charge in [0.25, 0.3) is 0 Å². The van der Waals surface area contributed by atoms with Crippen molar-refractivity contribution in [3.05, 3.63) is 0 Å². The highest BCUT2D eigenvalue weighted by atomic mass is 16.5. The summed E-state index contributed by atoms with van der Waals surface area (Å²) >= 11 is 0. The predicted octanol–water partition coefficient (Wildman–Crippen LogP) is 0.443. The van der Waals surface area contributed by atoms with Gasteiger partial charge in [0.2, 0.25) is 5.91 Å². The zero-order valence-electron chi connectivity index (χ0n) is 7.58. The molecule has 1 heterocycles. The molecule has 1 aliphatic rings. The number of amides is 1. The molecule has 0 aromatic carbocycles. The number of carbonyl (C=O) groups excluding carboxylic acids is 1. The van der Waals surface area contributed by atoms with E-state index in [1.165, 1.54) is 0 Å². The van der Waals surface area contributed by atoms with Gasteiger partial charge >= 0.3 is 0 Å². The summed E-state index contributed by atoms with van der Waals surface area (Å²) in [6.07, 6.45) is 1.98. The van der Waals surface area contributed by atoms with E-state index in [0.717, 1.165) is 26.1 Å². The molecule has 1 amide bonds. The van der Waals surface area contributed by atoms with Crippen LogP contribution in [-0.4, -0.2) is 25.7 Å². The number of rotatable bonds is 3. The van der Waals surface area contributed by atoms with Crippen molar-refractivity contribution >= 4 is 5.91 Å². The smallest absolute Gasteiger partial charge is 0.234 e. The van der Waals surface area contributed by atoms with Crippen LogP contribution in [0.3, 0.4) is 0 Å². The molecule has 0 radical (unpaired) electrons. The molecular weight excluding hydrogens is 168 g/mol. The van der Waals surface area contributed by atoms with Crippen molar-refractivity contribution in [2.24, 2.45) is 5.92 Å². The van der Waals surface area contributed by atoms with Crippen molar-refractivity contribution in [1.29, 1.82) is 5.26 Å². The molecule has 13 heavy (non-hydrogen) atoms. The topological polar surface area (TPSA) is 62.1 Å². The minimum Gasteiger partial charge on any atom is -0.381 e. The van der Waals surface area contributed by atoms with Crippen molar-refractivity contribution in [2.45, 2.75) is 19.3 Å². The first kappa shape index (κ1) is 10.0. The van der Waals surface area contributed by atoms with Crippen LogP contribution < -0.4 is 5.32 Å². The van der Waals surface area contributed by atoms with Gasteiger partial charge in [0.1, 0.15) is 6.42 Å². The molecule has 0 spiro atoms. The highest BCUT2D eigenvalue weighted by Gasteiger charge is 2.14. The van der Waals surface area contributed by atoms with E-state index in [1.54, 1.807) is 0 Å². The molecule has 1 aliphatic heterocycles. The Morgan fingerprint density at radius 2 is 2.23 bits per heavy atom. The number of ether oxygens (including phenoxy) is 1. The SMILES string of the molecule is N#CCC(=O)NCC1CCOCC1. The van der Waals surface area contributed by atoms with Gasteiger partial charge < -0.3 is 10.1 Å². The predicted molar refractivity (Wildman–Crippen MR) is 46.8 cm³/mol. The molecule has 0 atom stereocenters. The molecule has 0 aliphatic carbocycles. The Labute approximate surface area is 77.9 Å². The average Bonchev–Trinajstić information content (AvgIpc) is 2.17. The fourth-order valence-electron chi connectivity index (χ4n) is 1.34. The second-order valence-corrected chi connectivity index (χ2v) is 3.19. The lowest BCUT2D eigenvalue weighted by Gasteiger charge is -2.21. The van der Waals surface area contributed by atoms with Crippen LogP contribution in [0.15, 0.2) is 0 Å². The lowest BCUT2D eigenvalue weighted by Crippen LogP contribution is -2.31. The van der Waals surface area contributed by atoms with Gasteiger partial charge in [0.15, 0.2) is 0 Å². The lowest BCUT2D eigenvalue weighted by atomic mass is 10.0. The molecule has 1 N–H and O–H groups in total. The number of carbonyl (C=O) groups is 1. The molecule has 1 fully saturated rings. The maximum atomic E-state index is 10.9. The number of nitrogens with one attached hydrogen (secondary N) is 1. The van der Waals surface area contributed by atoms with Gasteiger partial charge in [-0.2, -0.15) is 5.26 Å². The van der Waals surface area contributed by atoms with Gasteiger partial charge in [-0.05, 0) is 18.8 Å². The third-order valence-corrected chi connectivity index (χ3v) is 2.17. The molecule has 0 aromatic heterocycles. The zero-order chi connectivity index (χ0) is 9.52. The van der Waals surface area contributed by atoms with Gasteiger partial charge in [0, 0.05) is 19.8 Å². The molecule has 0 unspecified atom stereocenters. The van der Waals surface area contributed by atoms with Crippen LogP contribution in [0.1, 0.15) is 19.3 Å². The normalized spacial score (nSPS) is 17.8. The highest BCUT2D eigenvalue weighted by molar-refractivity contribution is 5.77. The largest absolute Gasteiger partial charge is 0.381 e. The van der Waals surface area contributed by atoms with Crippen molar-refractivity contribution < 1.29 is 9.53 Å². The molecule has 72 valence electrons. The van der Waals surface area contributed by atoms with E-state index < -0.39 is 0 Å². The van der Waals surface area contributed by atoms with Gasteiger partial charge in [-0.15, -0.1) is 0 Å². The summed E-state index contributed by atoms with van der Waals surface area (Å²) in [6.45, 7) is 2.27.